The molecule has 7 nitrogen and oxygen atoms in total. The van der Waals surface area contributed by atoms with Crippen molar-refractivity contribution in [1.29, 1.82) is 0 Å². The van der Waals surface area contributed by atoms with Gasteiger partial charge in [0, 0.05) is 25.9 Å². The summed E-state index contributed by atoms with van der Waals surface area (Å²) in [4.78, 5) is 0. The summed E-state index contributed by atoms with van der Waals surface area (Å²) >= 11 is 0. The van der Waals surface area contributed by atoms with Gasteiger partial charge >= 0.3 is 10.2 Å². The molecular formula is C15H20N2O5S. The van der Waals surface area contributed by atoms with Crippen LogP contribution in [0.25, 0.3) is 0 Å². The normalized spacial score (nSPS) is 24.4. The highest BCUT2D eigenvalue weighted by atomic mass is 32.2. The number of piperidine rings is 1. The van der Waals surface area contributed by atoms with E-state index in [2.05, 4.69) is 0 Å². The summed E-state index contributed by atoms with van der Waals surface area (Å²) in [5.74, 6) is 0.0350. The highest BCUT2D eigenvalue weighted by molar-refractivity contribution is 7.90. The number of fused-ring (bicyclic) bond motifs is 1. The van der Waals surface area contributed by atoms with Gasteiger partial charge in [-0.05, 0) is 12.1 Å². The van der Waals surface area contributed by atoms with E-state index in [0.29, 0.717) is 63.7 Å². The van der Waals surface area contributed by atoms with E-state index in [9.17, 15) is 8.42 Å². The molecule has 0 unspecified atom stereocenters. The van der Waals surface area contributed by atoms with Crippen LogP contribution in [0.5, 0.6) is 5.75 Å². The van der Waals surface area contributed by atoms with Gasteiger partial charge in [-0.1, -0.05) is 12.1 Å². The molecule has 3 aliphatic rings. The summed E-state index contributed by atoms with van der Waals surface area (Å²) < 4.78 is 45.9. The van der Waals surface area contributed by atoms with Crippen LogP contribution in [0.2, 0.25) is 0 Å². The molecule has 0 atom stereocenters. The van der Waals surface area contributed by atoms with Gasteiger partial charge in [0.2, 0.25) is 0 Å². The fraction of sp³-hybridized carbons (Fsp3) is 0.600. The minimum Gasteiger partial charge on any atom is -0.489 e. The molecule has 4 rings (SSSR count). The third-order valence-electron chi connectivity index (χ3n) is 4.59. The van der Waals surface area contributed by atoms with Gasteiger partial charge in [0.15, 0.2) is 5.79 Å². The quantitative estimate of drug-likeness (QED) is 0.802. The molecule has 0 N–H and O–H groups in total. The Kier molecular flexibility index (Phi) is 3.72. The van der Waals surface area contributed by atoms with Gasteiger partial charge in [0.1, 0.15) is 12.4 Å². The molecule has 3 heterocycles. The second-order valence-corrected chi connectivity index (χ2v) is 7.76. The number of anilines is 1. The van der Waals surface area contributed by atoms with Crippen molar-refractivity contribution in [1.82, 2.24) is 4.31 Å². The summed E-state index contributed by atoms with van der Waals surface area (Å²) in [6.07, 6.45) is 1.14. The average molecular weight is 340 g/mol. The van der Waals surface area contributed by atoms with Gasteiger partial charge in [-0.2, -0.15) is 12.7 Å². The summed E-state index contributed by atoms with van der Waals surface area (Å²) in [6, 6.07) is 7.24. The third kappa shape index (κ3) is 2.59. The first-order valence-corrected chi connectivity index (χ1v) is 9.28. The van der Waals surface area contributed by atoms with Crippen LogP contribution in [0, 0.1) is 0 Å². The molecule has 126 valence electrons. The Morgan fingerprint density at radius 3 is 2.39 bits per heavy atom. The van der Waals surface area contributed by atoms with Crippen LogP contribution in [-0.4, -0.2) is 58.0 Å². The van der Waals surface area contributed by atoms with Crippen LogP contribution in [0.4, 0.5) is 5.69 Å². The van der Waals surface area contributed by atoms with Crippen LogP contribution in [0.15, 0.2) is 24.3 Å². The second kappa shape index (κ2) is 5.62. The van der Waals surface area contributed by atoms with Gasteiger partial charge in [-0.15, -0.1) is 0 Å². The minimum absolute atomic E-state index is 0.327. The Morgan fingerprint density at radius 2 is 1.65 bits per heavy atom. The van der Waals surface area contributed by atoms with E-state index in [1.165, 1.54) is 8.61 Å². The summed E-state index contributed by atoms with van der Waals surface area (Å²) in [5.41, 5.74) is 0.604. The van der Waals surface area contributed by atoms with Crippen molar-refractivity contribution in [2.75, 3.05) is 43.8 Å². The highest BCUT2D eigenvalue weighted by Crippen LogP contribution is 2.36. The molecule has 0 radical (unpaired) electrons. The molecule has 8 heteroatoms. The minimum atomic E-state index is -3.57. The maximum absolute atomic E-state index is 13.0. The molecule has 1 aromatic rings. The molecule has 23 heavy (non-hydrogen) atoms. The van der Waals surface area contributed by atoms with E-state index < -0.39 is 16.0 Å². The maximum Gasteiger partial charge on any atom is 0.304 e. The van der Waals surface area contributed by atoms with Crippen LogP contribution in [0.3, 0.4) is 0 Å². The zero-order chi connectivity index (χ0) is 15.9. The van der Waals surface area contributed by atoms with Gasteiger partial charge in [-0.25, -0.2) is 0 Å². The number of hydrogen-bond acceptors (Lipinski definition) is 5. The Morgan fingerprint density at radius 1 is 0.957 bits per heavy atom. The zero-order valence-corrected chi connectivity index (χ0v) is 13.6. The Balaban J connectivity index is 1.55. The smallest absolute Gasteiger partial charge is 0.304 e. The van der Waals surface area contributed by atoms with Crippen molar-refractivity contribution in [3.8, 4) is 5.75 Å². The zero-order valence-electron chi connectivity index (χ0n) is 12.8. The Hall–Kier alpha value is -1.35. The van der Waals surface area contributed by atoms with Gasteiger partial charge in [0.25, 0.3) is 0 Å². The van der Waals surface area contributed by atoms with Crippen LogP contribution >= 0.6 is 0 Å². The molecule has 2 saturated heterocycles. The molecule has 0 bridgehead atoms. The van der Waals surface area contributed by atoms with Crippen molar-refractivity contribution < 1.29 is 22.6 Å². The summed E-state index contributed by atoms with van der Waals surface area (Å²) in [6.45, 7) is 2.67. The summed E-state index contributed by atoms with van der Waals surface area (Å²) in [7, 11) is -3.57. The predicted molar refractivity (Wildman–Crippen MR) is 83.6 cm³/mol. The fourth-order valence-corrected chi connectivity index (χ4v) is 4.99. The van der Waals surface area contributed by atoms with E-state index in [1.54, 1.807) is 12.1 Å². The lowest BCUT2D eigenvalue weighted by molar-refractivity contribution is -0.179. The van der Waals surface area contributed by atoms with Crippen molar-refractivity contribution in [2.24, 2.45) is 0 Å². The monoisotopic (exact) mass is 340 g/mol. The van der Waals surface area contributed by atoms with Crippen LogP contribution in [0.1, 0.15) is 12.8 Å². The molecule has 0 amide bonds. The average Bonchev–Trinajstić information content (AvgIpc) is 3.03. The molecule has 0 aromatic heterocycles. The fourth-order valence-electron chi connectivity index (χ4n) is 3.37. The number of para-hydroxylation sites is 2. The SMILES string of the molecule is O=S(=O)(N1CCC2(CC1)OCCO2)N1CCOc2ccccc21. The molecule has 0 aliphatic carbocycles. The molecular weight excluding hydrogens is 320 g/mol. The lowest BCUT2D eigenvalue weighted by atomic mass is 10.1. The number of hydrogen-bond donors (Lipinski definition) is 0. The Labute approximate surface area is 135 Å². The van der Waals surface area contributed by atoms with Gasteiger partial charge < -0.3 is 14.2 Å². The molecule has 0 saturated carbocycles. The van der Waals surface area contributed by atoms with Crippen molar-refractivity contribution >= 4 is 15.9 Å². The van der Waals surface area contributed by atoms with Gasteiger partial charge in [0.05, 0.1) is 25.4 Å². The topological polar surface area (TPSA) is 68.3 Å². The van der Waals surface area contributed by atoms with E-state index in [1.807, 2.05) is 12.1 Å². The van der Waals surface area contributed by atoms with Crippen LogP contribution in [-0.2, 0) is 19.7 Å². The number of rotatable bonds is 2. The third-order valence-corrected chi connectivity index (χ3v) is 6.54. The van der Waals surface area contributed by atoms with E-state index >= 15 is 0 Å². The lowest BCUT2D eigenvalue weighted by Gasteiger charge is -2.40. The Bertz CT molecular complexity index is 677. The molecule has 2 fully saturated rings. The first kappa shape index (κ1) is 15.2. The summed E-state index contributed by atoms with van der Waals surface area (Å²) in [5, 5.41) is 0. The largest absolute Gasteiger partial charge is 0.489 e. The predicted octanol–water partition coefficient (Wildman–Crippen LogP) is 0.969. The van der Waals surface area contributed by atoms with Crippen molar-refractivity contribution in [3.05, 3.63) is 24.3 Å². The van der Waals surface area contributed by atoms with E-state index in [4.69, 9.17) is 14.2 Å². The van der Waals surface area contributed by atoms with E-state index in [-0.39, 0.29) is 0 Å². The first-order valence-electron chi connectivity index (χ1n) is 7.88. The van der Waals surface area contributed by atoms with Crippen molar-refractivity contribution in [3.63, 3.8) is 0 Å². The van der Waals surface area contributed by atoms with Crippen LogP contribution < -0.4 is 9.04 Å². The number of nitrogens with zero attached hydrogens (tertiary/aromatic N) is 2. The first-order chi connectivity index (χ1) is 11.1. The highest BCUT2D eigenvalue weighted by Gasteiger charge is 2.44. The van der Waals surface area contributed by atoms with Crippen molar-refractivity contribution in [2.45, 2.75) is 18.6 Å². The molecule has 1 spiro atoms. The lowest BCUT2D eigenvalue weighted by Crippen LogP contribution is -2.53. The second-order valence-electron chi connectivity index (χ2n) is 5.90. The maximum atomic E-state index is 13.0. The number of ether oxygens (including phenoxy) is 3. The molecule has 3 aliphatic heterocycles. The standard InChI is InChI=1S/C15H20N2O5S/c18-23(19,16-7-5-15(6-8-16)21-11-12-22-15)17-9-10-20-14-4-2-1-3-13(14)17/h1-4H,5-12H2. The van der Waals surface area contributed by atoms with Gasteiger partial charge in [-0.3, -0.25) is 4.31 Å². The number of benzene rings is 1. The molecule has 1 aromatic carbocycles. The van der Waals surface area contributed by atoms with E-state index in [0.717, 1.165) is 0 Å².